The lowest BCUT2D eigenvalue weighted by Crippen LogP contribution is -2.48. The fraction of sp³-hybridized carbons (Fsp3) is 0.562. The van der Waals surface area contributed by atoms with Crippen LogP contribution in [-0.2, 0) is 11.2 Å². The van der Waals surface area contributed by atoms with E-state index in [4.69, 9.17) is 0 Å². The van der Waals surface area contributed by atoms with Gasteiger partial charge in [-0.1, -0.05) is 28.1 Å². The van der Waals surface area contributed by atoms with Crippen molar-refractivity contribution in [2.75, 3.05) is 0 Å². The second kappa shape index (κ2) is 7.61. The van der Waals surface area contributed by atoms with Crippen LogP contribution in [0.2, 0.25) is 0 Å². The van der Waals surface area contributed by atoms with E-state index in [-0.39, 0.29) is 18.3 Å². The molecule has 3 rings (SSSR count). The molecule has 2 atom stereocenters. The Labute approximate surface area is 140 Å². The molecule has 2 aliphatic rings. The molecule has 3 nitrogen and oxygen atoms in total. The summed E-state index contributed by atoms with van der Waals surface area (Å²) in [5.74, 6) is 0.191. The predicted molar refractivity (Wildman–Crippen MR) is 90.8 cm³/mol. The van der Waals surface area contributed by atoms with Gasteiger partial charge >= 0.3 is 0 Å². The van der Waals surface area contributed by atoms with E-state index in [0.29, 0.717) is 24.5 Å². The molecule has 0 radical (unpaired) electrons. The minimum Gasteiger partial charge on any atom is -0.353 e. The van der Waals surface area contributed by atoms with Crippen molar-refractivity contribution in [2.45, 2.75) is 56.7 Å². The van der Waals surface area contributed by atoms with Crippen LogP contribution in [-0.4, -0.2) is 24.0 Å². The Bertz CT molecular complexity index is 485. The van der Waals surface area contributed by atoms with Crippen molar-refractivity contribution in [3.8, 4) is 0 Å². The van der Waals surface area contributed by atoms with Crippen LogP contribution in [0.3, 0.4) is 0 Å². The van der Waals surface area contributed by atoms with Crippen LogP contribution in [0.1, 0.15) is 37.7 Å². The van der Waals surface area contributed by atoms with E-state index in [1.807, 2.05) is 12.1 Å². The normalized spacial score (nSPS) is 27.0. The topological polar surface area (TPSA) is 41.1 Å². The van der Waals surface area contributed by atoms with Crippen LogP contribution in [0.4, 0.5) is 0 Å². The number of hydrogen-bond donors (Lipinski definition) is 2. The molecule has 0 aromatic heterocycles. The third kappa shape index (κ3) is 4.70. The SMILES string of the molecule is Cl.O=C(CCc1cccc(Br)c1)NC1CC2CCC(C1)N2. The van der Waals surface area contributed by atoms with Crippen LogP contribution in [0, 0.1) is 0 Å². The molecule has 1 aromatic rings. The second-order valence-electron chi connectivity index (χ2n) is 6.00. The van der Waals surface area contributed by atoms with Crippen molar-refractivity contribution in [3.63, 3.8) is 0 Å². The summed E-state index contributed by atoms with van der Waals surface area (Å²) in [4.78, 5) is 12.1. The molecule has 0 saturated carbocycles. The lowest BCUT2D eigenvalue weighted by molar-refractivity contribution is -0.122. The summed E-state index contributed by atoms with van der Waals surface area (Å²) < 4.78 is 1.07. The van der Waals surface area contributed by atoms with Crippen LogP contribution in [0.5, 0.6) is 0 Å². The molecule has 2 N–H and O–H groups in total. The molecule has 2 saturated heterocycles. The highest BCUT2D eigenvalue weighted by molar-refractivity contribution is 9.10. The number of rotatable bonds is 4. The van der Waals surface area contributed by atoms with Crippen LogP contribution >= 0.6 is 28.3 Å². The maximum atomic E-state index is 12.1. The van der Waals surface area contributed by atoms with Gasteiger partial charge in [-0.2, -0.15) is 0 Å². The van der Waals surface area contributed by atoms with E-state index in [1.54, 1.807) is 0 Å². The predicted octanol–water partition coefficient (Wildman–Crippen LogP) is 3.20. The van der Waals surface area contributed by atoms with E-state index in [1.165, 1.54) is 18.4 Å². The van der Waals surface area contributed by atoms with Gasteiger partial charge in [-0.3, -0.25) is 4.79 Å². The fourth-order valence-electron chi connectivity index (χ4n) is 3.43. The molecule has 2 unspecified atom stereocenters. The number of aryl methyl sites for hydroxylation is 1. The summed E-state index contributed by atoms with van der Waals surface area (Å²) in [5.41, 5.74) is 1.21. The maximum Gasteiger partial charge on any atom is 0.220 e. The zero-order chi connectivity index (χ0) is 13.9. The number of hydrogen-bond acceptors (Lipinski definition) is 2. The zero-order valence-corrected chi connectivity index (χ0v) is 14.4. The summed E-state index contributed by atoms with van der Waals surface area (Å²) in [5, 5.41) is 6.81. The Balaban J connectivity index is 0.00000161. The van der Waals surface area contributed by atoms with Gasteiger partial charge in [0.2, 0.25) is 5.91 Å². The van der Waals surface area contributed by atoms with Gasteiger partial charge in [-0.25, -0.2) is 0 Å². The quantitative estimate of drug-likeness (QED) is 0.851. The fourth-order valence-corrected chi connectivity index (χ4v) is 3.87. The molecular formula is C16H22BrClN2O. The molecule has 2 bridgehead atoms. The minimum atomic E-state index is 0. The first-order valence-electron chi connectivity index (χ1n) is 7.49. The standard InChI is InChI=1S/C16H21BrN2O.ClH/c17-12-3-1-2-11(8-12)4-7-16(20)19-15-9-13-5-6-14(10-15)18-13;/h1-3,8,13-15,18H,4-7,9-10H2,(H,19,20);1H. The number of carbonyl (C=O) groups excluding carboxylic acids is 1. The second-order valence-corrected chi connectivity index (χ2v) is 6.92. The molecule has 0 aliphatic carbocycles. The first-order chi connectivity index (χ1) is 9.69. The summed E-state index contributed by atoms with van der Waals surface area (Å²) in [6.07, 6.45) is 6.13. The van der Waals surface area contributed by atoms with Gasteiger partial charge in [0, 0.05) is 29.0 Å². The average Bonchev–Trinajstić information content (AvgIpc) is 2.76. The average molecular weight is 374 g/mol. The number of fused-ring (bicyclic) bond motifs is 2. The van der Waals surface area contributed by atoms with Gasteiger partial charge in [0.05, 0.1) is 0 Å². The first-order valence-corrected chi connectivity index (χ1v) is 8.28. The molecule has 1 amide bonds. The Kier molecular flexibility index (Phi) is 6.08. The summed E-state index contributed by atoms with van der Waals surface area (Å²) >= 11 is 3.46. The number of amides is 1. The van der Waals surface area contributed by atoms with Gasteiger partial charge in [0.1, 0.15) is 0 Å². The summed E-state index contributed by atoms with van der Waals surface area (Å²) in [6.45, 7) is 0. The van der Waals surface area contributed by atoms with Gasteiger partial charge in [-0.15, -0.1) is 12.4 Å². The van der Waals surface area contributed by atoms with Crippen molar-refractivity contribution in [2.24, 2.45) is 0 Å². The molecule has 5 heteroatoms. The van der Waals surface area contributed by atoms with Crippen molar-refractivity contribution in [3.05, 3.63) is 34.3 Å². The molecule has 0 spiro atoms. The number of carbonyl (C=O) groups is 1. The summed E-state index contributed by atoms with van der Waals surface area (Å²) in [7, 11) is 0. The van der Waals surface area contributed by atoms with E-state index in [0.717, 1.165) is 23.7 Å². The molecule has 2 aliphatic heterocycles. The zero-order valence-electron chi connectivity index (χ0n) is 12.0. The van der Waals surface area contributed by atoms with Crippen molar-refractivity contribution in [1.29, 1.82) is 0 Å². The Hall–Kier alpha value is -0.580. The van der Waals surface area contributed by atoms with E-state index >= 15 is 0 Å². The summed E-state index contributed by atoms with van der Waals surface area (Å²) in [6, 6.07) is 9.81. The van der Waals surface area contributed by atoms with Crippen LogP contribution < -0.4 is 10.6 Å². The third-order valence-electron chi connectivity index (χ3n) is 4.37. The Morgan fingerprint density at radius 1 is 1.29 bits per heavy atom. The Morgan fingerprint density at radius 2 is 2.00 bits per heavy atom. The monoisotopic (exact) mass is 372 g/mol. The molecular weight excluding hydrogens is 352 g/mol. The lowest BCUT2D eigenvalue weighted by atomic mass is 9.99. The van der Waals surface area contributed by atoms with Gasteiger partial charge in [-0.05, 0) is 49.8 Å². The highest BCUT2D eigenvalue weighted by Crippen LogP contribution is 2.26. The number of nitrogens with one attached hydrogen (secondary N) is 2. The number of benzene rings is 1. The maximum absolute atomic E-state index is 12.1. The molecule has 1 aromatic carbocycles. The number of halogens is 2. The molecule has 116 valence electrons. The highest BCUT2D eigenvalue weighted by atomic mass is 79.9. The molecule has 2 fully saturated rings. The number of piperidine rings is 1. The van der Waals surface area contributed by atoms with Crippen LogP contribution in [0.25, 0.3) is 0 Å². The largest absolute Gasteiger partial charge is 0.353 e. The third-order valence-corrected chi connectivity index (χ3v) is 4.86. The molecule has 21 heavy (non-hydrogen) atoms. The van der Waals surface area contributed by atoms with Gasteiger partial charge in [0.25, 0.3) is 0 Å². The van der Waals surface area contributed by atoms with Gasteiger partial charge < -0.3 is 10.6 Å². The first kappa shape index (κ1) is 16.8. The smallest absolute Gasteiger partial charge is 0.220 e. The van der Waals surface area contributed by atoms with Crippen molar-refractivity contribution >= 4 is 34.2 Å². The van der Waals surface area contributed by atoms with Crippen molar-refractivity contribution < 1.29 is 4.79 Å². The van der Waals surface area contributed by atoms with Crippen LogP contribution in [0.15, 0.2) is 28.7 Å². The highest BCUT2D eigenvalue weighted by Gasteiger charge is 2.33. The van der Waals surface area contributed by atoms with Crippen molar-refractivity contribution in [1.82, 2.24) is 10.6 Å². The van der Waals surface area contributed by atoms with Gasteiger partial charge in [0.15, 0.2) is 0 Å². The Morgan fingerprint density at radius 3 is 2.67 bits per heavy atom. The van der Waals surface area contributed by atoms with E-state index < -0.39 is 0 Å². The van der Waals surface area contributed by atoms with E-state index in [2.05, 4.69) is 38.7 Å². The lowest BCUT2D eigenvalue weighted by Gasteiger charge is -2.29. The molecule has 2 heterocycles. The minimum absolute atomic E-state index is 0. The van der Waals surface area contributed by atoms with E-state index in [9.17, 15) is 4.79 Å².